The van der Waals surface area contributed by atoms with Gasteiger partial charge in [-0.25, -0.2) is 0 Å². The van der Waals surface area contributed by atoms with Crippen LogP contribution in [0.5, 0.6) is 0 Å². The molecular weight excluding hydrogens is 310 g/mol. The van der Waals surface area contributed by atoms with Crippen molar-refractivity contribution in [2.24, 2.45) is 11.8 Å². The SMILES string of the molecule is O=C(C1CCCC2CNNC21)N(C1CC1)C1CCCc2ccccc21. The molecule has 4 unspecified atom stereocenters. The van der Waals surface area contributed by atoms with Crippen molar-refractivity contribution in [2.45, 2.75) is 69.5 Å². The maximum atomic E-state index is 13.7. The van der Waals surface area contributed by atoms with Crippen LogP contribution in [0.2, 0.25) is 0 Å². The summed E-state index contributed by atoms with van der Waals surface area (Å²) in [5.41, 5.74) is 9.61. The standard InChI is InChI=1S/C21H29N3O/c25-21(18-9-3-7-15-13-22-23-20(15)18)24(16-11-12-16)19-10-4-6-14-5-1-2-8-17(14)19/h1-2,5,8,15-16,18-20,22-23H,3-4,6-7,9-13H2. The molecule has 1 aromatic rings. The quantitative estimate of drug-likeness (QED) is 0.890. The first-order valence-corrected chi connectivity index (χ1v) is 10.2. The van der Waals surface area contributed by atoms with Crippen LogP contribution >= 0.6 is 0 Å². The van der Waals surface area contributed by atoms with Crippen LogP contribution in [0, 0.1) is 11.8 Å². The van der Waals surface area contributed by atoms with Gasteiger partial charge in [-0.1, -0.05) is 30.7 Å². The van der Waals surface area contributed by atoms with Crippen LogP contribution in [0.25, 0.3) is 0 Å². The average molecular weight is 339 g/mol. The van der Waals surface area contributed by atoms with Gasteiger partial charge in [0.15, 0.2) is 0 Å². The summed E-state index contributed by atoms with van der Waals surface area (Å²) in [6.45, 7) is 1.02. The van der Waals surface area contributed by atoms with E-state index in [1.54, 1.807) is 0 Å². The predicted molar refractivity (Wildman–Crippen MR) is 97.7 cm³/mol. The molecule has 3 fully saturated rings. The van der Waals surface area contributed by atoms with Crippen molar-refractivity contribution in [3.63, 3.8) is 0 Å². The molecule has 0 radical (unpaired) electrons. The van der Waals surface area contributed by atoms with Gasteiger partial charge in [-0.15, -0.1) is 0 Å². The smallest absolute Gasteiger partial charge is 0.228 e. The molecule has 25 heavy (non-hydrogen) atoms. The molecule has 3 aliphatic carbocycles. The number of carbonyl (C=O) groups excluding carboxylic acids is 1. The minimum Gasteiger partial charge on any atom is -0.332 e. The van der Waals surface area contributed by atoms with Crippen molar-refractivity contribution in [3.05, 3.63) is 35.4 Å². The van der Waals surface area contributed by atoms with Crippen LogP contribution in [0.3, 0.4) is 0 Å². The topological polar surface area (TPSA) is 44.4 Å². The Hall–Kier alpha value is -1.39. The highest BCUT2D eigenvalue weighted by molar-refractivity contribution is 5.81. The number of nitrogens with one attached hydrogen (secondary N) is 2. The van der Waals surface area contributed by atoms with Crippen LogP contribution in [-0.2, 0) is 11.2 Å². The Kier molecular flexibility index (Phi) is 4.05. The lowest BCUT2D eigenvalue weighted by Crippen LogP contribution is -2.51. The molecule has 1 amide bonds. The second-order valence-electron chi connectivity index (χ2n) is 8.43. The van der Waals surface area contributed by atoms with Crippen molar-refractivity contribution < 1.29 is 4.79 Å². The summed E-state index contributed by atoms with van der Waals surface area (Å²) in [5, 5.41) is 0. The van der Waals surface area contributed by atoms with Gasteiger partial charge >= 0.3 is 0 Å². The zero-order chi connectivity index (χ0) is 16.8. The fourth-order valence-corrected chi connectivity index (χ4v) is 5.47. The third-order valence-corrected chi connectivity index (χ3v) is 6.85. The van der Waals surface area contributed by atoms with Gasteiger partial charge in [0.2, 0.25) is 5.91 Å². The van der Waals surface area contributed by atoms with Crippen LogP contribution in [0.4, 0.5) is 0 Å². The number of benzene rings is 1. The molecule has 5 rings (SSSR count). The molecule has 0 bridgehead atoms. The van der Waals surface area contributed by atoms with E-state index >= 15 is 0 Å². The zero-order valence-electron chi connectivity index (χ0n) is 14.9. The Morgan fingerprint density at radius 2 is 1.92 bits per heavy atom. The van der Waals surface area contributed by atoms with Crippen LogP contribution < -0.4 is 10.9 Å². The summed E-state index contributed by atoms with van der Waals surface area (Å²) in [7, 11) is 0. The van der Waals surface area contributed by atoms with Crippen molar-refractivity contribution in [1.82, 2.24) is 15.8 Å². The first-order chi connectivity index (χ1) is 12.3. The van der Waals surface area contributed by atoms with Gasteiger partial charge in [-0.3, -0.25) is 15.6 Å². The third-order valence-electron chi connectivity index (χ3n) is 6.85. The lowest BCUT2D eigenvalue weighted by atomic mass is 9.76. The van der Waals surface area contributed by atoms with Gasteiger partial charge in [0, 0.05) is 18.6 Å². The Labute approximate surface area is 150 Å². The molecule has 4 aliphatic rings. The van der Waals surface area contributed by atoms with E-state index in [9.17, 15) is 4.79 Å². The van der Waals surface area contributed by atoms with Crippen molar-refractivity contribution in [1.29, 1.82) is 0 Å². The van der Waals surface area contributed by atoms with Gasteiger partial charge in [0.1, 0.15) is 0 Å². The molecule has 4 heteroatoms. The molecule has 1 heterocycles. The minimum absolute atomic E-state index is 0.156. The van der Waals surface area contributed by atoms with Crippen molar-refractivity contribution in [3.8, 4) is 0 Å². The maximum Gasteiger partial charge on any atom is 0.228 e. The number of rotatable bonds is 3. The second kappa shape index (κ2) is 6.40. The highest BCUT2D eigenvalue weighted by atomic mass is 16.2. The highest BCUT2D eigenvalue weighted by Crippen LogP contribution is 2.43. The molecule has 4 nitrogen and oxygen atoms in total. The van der Waals surface area contributed by atoms with E-state index in [2.05, 4.69) is 40.0 Å². The first-order valence-electron chi connectivity index (χ1n) is 10.2. The monoisotopic (exact) mass is 339 g/mol. The molecule has 2 N–H and O–H groups in total. The summed E-state index contributed by atoms with van der Waals surface area (Å²) < 4.78 is 0. The van der Waals surface area contributed by atoms with E-state index in [1.165, 1.54) is 49.7 Å². The largest absolute Gasteiger partial charge is 0.332 e. The van der Waals surface area contributed by atoms with Crippen LogP contribution in [0.15, 0.2) is 24.3 Å². The number of carbonyl (C=O) groups is 1. The van der Waals surface area contributed by atoms with Gasteiger partial charge in [0.25, 0.3) is 0 Å². The van der Waals surface area contributed by atoms with Gasteiger partial charge in [-0.05, 0) is 62.0 Å². The Morgan fingerprint density at radius 1 is 1.04 bits per heavy atom. The van der Waals surface area contributed by atoms with Gasteiger partial charge < -0.3 is 4.90 Å². The molecular formula is C21H29N3O. The summed E-state index contributed by atoms with van der Waals surface area (Å²) >= 11 is 0. The fraction of sp³-hybridized carbons (Fsp3) is 0.667. The Bertz CT molecular complexity index is 656. The van der Waals surface area contributed by atoms with E-state index in [0.29, 0.717) is 30.0 Å². The fourth-order valence-electron chi connectivity index (χ4n) is 5.47. The lowest BCUT2D eigenvalue weighted by Gasteiger charge is -2.41. The Morgan fingerprint density at radius 3 is 2.80 bits per heavy atom. The number of nitrogens with zero attached hydrogens (tertiary/aromatic N) is 1. The molecule has 0 spiro atoms. The maximum absolute atomic E-state index is 13.7. The third kappa shape index (κ3) is 2.80. The molecule has 0 aromatic heterocycles. The number of aryl methyl sites for hydroxylation is 1. The molecule has 1 saturated heterocycles. The van der Waals surface area contributed by atoms with E-state index < -0.39 is 0 Å². The van der Waals surface area contributed by atoms with Crippen LogP contribution in [-0.4, -0.2) is 29.4 Å². The van der Waals surface area contributed by atoms with Gasteiger partial charge in [-0.2, -0.15) is 0 Å². The number of hydrogen-bond donors (Lipinski definition) is 2. The summed E-state index contributed by atoms with van der Waals surface area (Å²) in [6, 6.07) is 9.94. The van der Waals surface area contributed by atoms with E-state index in [0.717, 1.165) is 19.4 Å². The number of hydrazine groups is 1. The van der Waals surface area contributed by atoms with Crippen LogP contribution in [0.1, 0.15) is 62.1 Å². The number of hydrogen-bond acceptors (Lipinski definition) is 3. The zero-order valence-corrected chi connectivity index (χ0v) is 14.9. The highest BCUT2D eigenvalue weighted by Gasteiger charge is 2.46. The van der Waals surface area contributed by atoms with E-state index in [-0.39, 0.29) is 5.92 Å². The summed E-state index contributed by atoms with van der Waals surface area (Å²) in [6.07, 6.45) is 9.38. The number of fused-ring (bicyclic) bond motifs is 2. The minimum atomic E-state index is 0.156. The van der Waals surface area contributed by atoms with E-state index in [1.807, 2.05) is 0 Å². The summed E-state index contributed by atoms with van der Waals surface area (Å²) in [5.74, 6) is 1.21. The number of amides is 1. The molecule has 1 aliphatic heterocycles. The molecule has 4 atom stereocenters. The predicted octanol–water partition coefficient (Wildman–Crippen LogP) is 2.95. The molecule has 2 saturated carbocycles. The molecule has 134 valence electrons. The normalized spacial score (nSPS) is 34.2. The molecule has 1 aromatic carbocycles. The second-order valence-corrected chi connectivity index (χ2v) is 8.43. The average Bonchev–Trinajstić information content (AvgIpc) is 3.36. The van der Waals surface area contributed by atoms with Crippen molar-refractivity contribution in [2.75, 3.05) is 6.54 Å². The van der Waals surface area contributed by atoms with E-state index in [4.69, 9.17) is 0 Å². The summed E-state index contributed by atoms with van der Waals surface area (Å²) in [4.78, 5) is 16.0. The van der Waals surface area contributed by atoms with Crippen molar-refractivity contribution >= 4 is 5.91 Å². The first kappa shape index (κ1) is 15.8. The van der Waals surface area contributed by atoms with Gasteiger partial charge in [0.05, 0.1) is 12.0 Å². The lowest BCUT2D eigenvalue weighted by molar-refractivity contribution is -0.141. The Balaban J connectivity index is 1.45.